The number of aromatic hydroxyl groups is 1. The Morgan fingerprint density at radius 2 is 1.79 bits per heavy atom. The highest BCUT2D eigenvalue weighted by atomic mass is 35.5. The Morgan fingerprint density at radius 1 is 1.06 bits per heavy atom. The van der Waals surface area contributed by atoms with Crippen molar-refractivity contribution in [1.29, 1.82) is 0 Å². The molecule has 0 spiro atoms. The monoisotopic (exact) mass is 500 g/mol. The van der Waals surface area contributed by atoms with E-state index in [9.17, 15) is 31.5 Å². The molecular formula is C21H16ClF3N2O5S. The van der Waals surface area contributed by atoms with Crippen LogP contribution in [0.15, 0.2) is 47.4 Å². The second kappa shape index (κ2) is 9.69. The van der Waals surface area contributed by atoms with E-state index in [0.717, 1.165) is 30.3 Å². The van der Waals surface area contributed by atoms with Crippen LogP contribution in [0.3, 0.4) is 0 Å². The minimum Gasteiger partial charge on any atom is -0.505 e. The van der Waals surface area contributed by atoms with Gasteiger partial charge in [-0.05, 0) is 36.4 Å². The molecule has 0 saturated carbocycles. The molecule has 0 bridgehead atoms. The van der Waals surface area contributed by atoms with Crippen LogP contribution in [-0.2, 0) is 10.0 Å². The van der Waals surface area contributed by atoms with Crippen LogP contribution in [0.2, 0.25) is 5.02 Å². The maximum absolute atomic E-state index is 14.6. The molecule has 174 valence electrons. The summed E-state index contributed by atoms with van der Waals surface area (Å²) < 4.78 is 75.8. The van der Waals surface area contributed by atoms with Crippen molar-refractivity contribution in [2.45, 2.75) is 4.90 Å². The number of hydrogen-bond donors (Lipinski definition) is 3. The number of rotatable bonds is 8. The van der Waals surface area contributed by atoms with Gasteiger partial charge in [-0.2, -0.15) is 0 Å². The third-order valence-corrected chi connectivity index (χ3v) is 6.05. The highest BCUT2D eigenvalue weighted by Gasteiger charge is 2.25. The lowest BCUT2D eigenvalue weighted by atomic mass is 10.0. The molecule has 7 nitrogen and oxygen atoms in total. The second-order valence-electron chi connectivity index (χ2n) is 6.66. The molecule has 12 heteroatoms. The lowest BCUT2D eigenvalue weighted by Crippen LogP contribution is -2.15. The Labute approximate surface area is 191 Å². The number of aldehydes is 1. The Kier molecular flexibility index (Phi) is 7.15. The zero-order valence-electron chi connectivity index (χ0n) is 16.6. The standard InChI is InChI=1S/C21H16ClF3N2O5S/c22-15-5-11(10-28)6-20(21(15)29)33(30,31)27-18-8-13(16(24)9-17(18)25)14-7-12(23)1-2-19(14)32-4-3-26/h1-2,5-10,27,29H,3-4,26H2. The first-order chi connectivity index (χ1) is 15.6. The molecule has 3 rings (SSSR count). The number of benzene rings is 3. The molecule has 0 aliphatic heterocycles. The molecule has 0 unspecified atom stereocenters. The number of hydrogen-bond acceptors (Lipinski definition) is 6. The zero-order chi connectivity index (χ0) is 24.3. The van der Waals surface area contributed by atoms with Gasteiger partial charge in [-0.15, -0.1) is 0 Å². The van der Waals surface area contributed by atoms with Crippen molar-refractivity contribution in [3.8, 4) is 22.6 Å². The highest BCUT2D eigenvalue weighted by molar-refractivity contribution is 7.92. The van der Waals surface area contributed by atoms with E-state index in [4.69, 9.17) is 22.1 Å². The van der Waals surface area contributed by atoms with E-state index in [1.54, 1.807) is 0 Å². The van der Waals surface area contributed by atoms with E-state index in [2.05, 4.69) is 0 Å². The molecule has 0 saturated heterocycles. The molecule has 3 aromatic rings. The topological polar surface area (TPSA) is 119 Å². The van der Waals surface area contributed by atoms with Crippen LogP contribution < -0.4 is 15.2 Å². The molecule has 0 aliphatic rings. The molecule has 0 aromatic heterocycles. The van der Waals surface area contributed by atoms with Gasteiger partial charge in [0.25, 0.3) is 10.0 Å². The summed E-state index contributed by atoms with van der Waals surface area (Å²) >= 11 is 5.75. The van der Waals surface area contributed by atoms with Gasteiger partial charge < -0.3 is 15.6 Å². The van der Waals surface area contributed by atoms with Crippen LogP contribution in [0.1, 0.15) is 10.4 Å². The van der Waals surface area contributed by atoms with Crippen LogP contribution in [0.5, 0.6) is 11.5 Å². The maximum atomic E-state index is 14.6. The van der Waals surface area contributed by atoms with Crippen LogP contribution in [0, 0.1) is 17.5 Å². The van der Waals surface area contributed by atoms with Crippen molar-refractivity contribution < 1.29 is 36.2 Å². The van der Waals surface area contributed by atoms with E-state index >= 15 is 0 Å². The summed E-state index contributed by atoms with van der Waals surface area (Å²) in [5, 5.41) is 9.61. The van der Waals surface area contributed by atoms with E-state index in [1.807, 2.05) is 4.72 Å². The van der Waals surface area contributed by atoms with Crippen molar-refractivity contribution in [1.82, 2.24) is 0 Å². The van der Waals surface area contributed by atoms with E-state index in [0.29, 0.717) is 12.4 Å². The second-order valence-corrected chi connectivity index (χ2v) is 8.72. The lowest BCUT2D eigenvalue weighted by molar-refractivity contribution is 0.112. The summed E-state index contributed by atoms with van der Waals surface area (Å²) in [6.45, 7) is 0.133. The normalized spacial score (nSPS) is 11.3. The van der Waals surface area contributed by atoms with Gasteiger partial charge in [0.1, 0.15) is 41.0 Å². The summed E-state index contributed by atoms with van der Waals surface area (Å²) in [4.78, 5) is 10.2. The number of nitrogens with one attached hydrogen (secondary N) is 1. The number of nitrogens with two attached hydrogens (primary N) is 1. The SMILES string of the molecule is NCCOc1ccc(F)cc1-c1cc(NS(=O)(=O)c2cc(C=O)cc(Cl)c2O)c(F)cc1F. The first kappa shape index (κ1) is 24.4. The first-order valence-electron chi connectivity index (χ1n) is 9.19. The molecule has 3 aromatic carbocycles. The van der Waals surface area contributed by atoms with Gasteiger partial charge in [0.15, 0.2) is 5.75 Å². The molecule has 0 radical (unpaired) electrons. The summed E-state index contributed by atoms with van der Waals surface area (Å²) in [5.74, 6) is -4.00. The number of phenols is 1. The quantitative estimate of drug-likeness (QED) is 0.401. The number of sulfonamides is 1. The van der Waals surface area contributed by atoms with E-state index < -0.39 is 48.8 Å². The summed E-state index contributed by atoms with van der Waals surface area (Å²) in [6.07, 6.45) is 0.299. The van der Waals surface area contributed by atoms with Crippen molar-refractivity contribution >= 4 is 33.6 Å². The predicted molar refractivity (Wildman–Crippen MR) is 116 cm³/mol. The maximum Gasteiger partial charge on any atom is 0.265 e. The summed E-state index contributed by atoms with van der Waals surface area (Å²) in [5.41, 5.74) is 4.02. The summed E-state index contributed by atoms with van der Waals surface area (Å²) in [6, 6.07) is 6.27. The largest absolute Gasteiger partial charge is 0.505 e. The van der Waals surface area contributed by atoms with Crippen LogP contribution in [-0.4, -0.2) is 33.0 Å². The number of carbonyl (C=O) groups excluding carboxylic acids is 1. The molecular weight excluding hydrogens is 485 g/mol. The fourth-order valence-electron chi connectivity index (χ4n) is 2.91. The summed E-state index contributed by atoms with van der Waals surface area (Å²) in [7, 11) is -4.69. The van der Waals surface area contributed by atoms with Crippen LogP contribution in [0.25, 0.3) is 11.1 Å². The molecule has 4 N–H and O–H groups in total. The third kappa shape index (κ3) is 5.21. The number of carbonyl (C=O) groups is 1. The fraction of sp³-hybridized carbons (Fsp3) is 0.0952. The fourth-order valence-corrected chi connectivity index (χ4v) is 4.40. The Hall–Kier alpha value is -3.28. The van der Waals surface area contributed by atoms with Gasteiger partial charge >= 0.3 is 0 Å². The molecule has 0 amide bonds. The molecule has 0 fully saturated rings. The Balaban J connectivity index is 2.11. The minimum absolute atomic E-state index is 0.0219. The van der Waals surface area contributed by atoms with Gasteiger partial charge in [-0.1, -0.05) is 11.6 Å². The number of anilines is 1. The molecule has 0 heterocycles. The van der Waals surface area contributed by atoms with Gasteiger partial charge in [-0.25, -0.2) is 21.6 Å². The van der Waals surface area contributed by atoms with Gasteiger partial charge in [0.05, 0.1) is 10.7 Å². The van der Waals surface area contributed by atoms with Crippen LogP contribution in [0.4, 0.5) is 18.9 Å². The average molecular weight is 501 g/mol. The average Bonchev–Trinajstić information content (AvgIpc) is 2.76. The Morgan fingerprint density at radius 3 is 2.45 bits per heavy atom. The van der Waals surface area contributed by atoms with Crippen LogP contribution >= 0.6 is 11.6 Å². The number of halogens is 4. The van der Waals surface area contributed by atoms with Gasteiger partial charge in [0.2, 0.25) is 0 Å². The molecule has 0 atom stereocenters. The van der Waals surface area contributed by atoms with E-state index in [1.165, 1.54) is 6.07 Å². The molecule has 0 aliphatic carbocycles. The van der Waals surface area contributed by atoms with Gasteiger partial charge in [-0.3, -0.25) is 9.52 Å². The Bertz CT molecular complexity index is 1340. The number of phenolic OH excluding ortho intramolecular Hbond substituents is 1. The smallest absolute Gasteiger partial charge is 0.265 e. The first-order valence-corrected chi connectivity index (χ1v) is 11.1. The highest BCUT2D eigenvalue weighted by Crippen LogP contribution is 2.37. The predicted octanol–water partition coefficient (Wildman–Crippen LogP) is 4.08. The van der Waals surface area contributed by atoms with Crippen molar-refractivity contribution in [2.24, 2.45) is 5.73 Å². The van der Waals surface area contributed by atoms with E-state index in [-0.39, 0.29) is 35.6 Å². The number of ether oxygens (including phenoxy) is 1. The molecule has 33 heavy (non-hydrogen) atoms. The third-order valence-electron chi connectivity index (χ3n) is 4.38. The van der Waals surface area contributed by atoms with Crippen molar-refractivity contribution in [3.63, 3.8) is 0 Å². The van der Waals surface area contributed by atoms with Gasteiger partial charge in [0, 0.05) is 29.3 Å². The van der Waals surface area contributed by atoms with Crippen molar-refractivity contribution in [3.05, 3.63) is 70.5 Å². The lowest BCUT2D eigenvalue weighted by Gasteiger charge is -2.15. The zero-order valence-corrected chi connectivity index (χ0v) is 18.2. The minimum atomic E-state index is -4.69. The van der Waals surface area contributed by atoms with Crippen molar-refractivity contribution in [2.75, 3.05) is 17.9 Å².